The molecule has 30 heavy (non-hydrogen) atoms. The van der Waals surface area contributed by atoms with Crippen molar-refractivity contribution in [2.75, 3.05) is 20.8 Å². The van der Waals surface area contributed by atoms with Crippen molar-refractivity contribution in [3.63, 3.8) is 0 Å². The molecular formula is C22H22ClN3O4. The first-order chi connectivity index (χ1) is 14.5. The molecule has 0 N–H and O–H groups in total. The van der Waals surface area contributed by atoms with Gasteiger partial charge in [-0.2, -0.15) is 4.98 Å². The third-order valence-electron chi connectivity index (χ3n) is 4.49. The molecule has 0 saturated carbocycles. The number of methoxy groups -OCH3 is 2. The second-order valence-electron chi connectivity index (χ2n) is 6.52. The number of hydrogen-bond donors (Lipinski definition) is 0. The van der Waals surface area contributed by atoms with Crippen molar-refractivity contribution in [2.45, 2.75) is 13.5 Å². The van der Waals surface area contributed by atoms with E-state index < -0.39 is 0 Å². The monoisotopic (exact) mass is 427 g/mol. The molecule has 0 fully saturated rings. The zero-order valence-electron chi connectivity index (χ0n) is 17.0. The summed E-state index contributed by atoms with van der Waals surface area (Å²) in [6.07, 6.45) is 1.64. The minimum Gasteiger partial charge on any atom is -0.493 e. The van der Waals surface area contributed by atoms with E-state index in [9.17, 15) is 4.79 Å². The number of ether oxygens (including phenoxy) is 2. The predicted molar refractivity (Wildman–Crippen MR) is 114 cm³/mol. The lowest BCUT2D eigenvalue weighted by Gasteiger charge is -2.19. The van der Waals surface area contributed by atoms with E-state index >= 15 is 0 Å². The van der Waals surface area contributed by atoms with Crippen LogP contribution in [0.4, 0.5) is 0 Å². The molecule has 0 spiro atoms. The van der Waals surface area contributed by atoms with Crippen LogP contribution in [0, 0.1) is 6.92 Å². The fourth-order valence-electron chi connectivity index (χ4n) is 2.86. The molecule has 1 heterocycles. The van der Waals surface area contributed by atoms with Crippen molar-refractivity contribution in [3.05, 3.63) is 71.1 Å². The van der Waals surface area contributed by atoms with Gasteiger partial charge < -0.3 is 18.9 Å². The highest BCUT2D eigenvalue weighted by molar-refractivity contribution is 6.31. The molecule has 3 aromatic rings. The molecular weight excluding hydrogens is 406 g/mol. The molecule has 1 amide bonds. The highest BCUT2D eigenvalue weighted by Gasteiger charge is 2.20. The molecule has 3 rings (SSSR count). The lowest BCUT2D eigenvalue weighted by atomic mass is 10.1. The fraction of sp³-hybridized carbons (Fsp3) is 0.227. The quantitative estimate of drug-likeness (QED) is 0.491. The van der Waals surface area contributed by atoms with Crippen molar-refractivity contribution in [2.24, 2.45) is 0 Å². The van der Waals surface area contributed by atoms with Crippen molar-refractivity contribution in [3.8, 4) is 22.9 Å². The average Bonchev–Trinajstić information content (AvgIpc) is 3.23. The third-order valence-corrected chi connectivity index (χ3v) is 4.90. The van der Waals surface area contributed by atoms with Gasteiger partial charge in [-0.05, 0) is 42.8 Å². The van der Waals surface area contributed by atoms with Gasteiger partial charge in [0.05, 0.1) is 14.2 Å². The van der Waals surface area contributed by atoms with Gasteiger partial charge in [-0.25, -0.2) is 0 Å². The van der Waals surface area contributed by atoms with E-state index in [2.05, 4.69) is 16.7 Å². The van der Waals surface area contributed by atoms with Crippen LogP contribution in [0.5, 0.6) is 11.5 Å². The van der Waals surface area contributed by atoms with E-state index in [1.807, 2.05) is 13.0 Å². The minimum absolute atomic E-state index is 0.136. The van der Waals surface area contributed by atoms with Crippen LogP contribution in [0.25, 0.3) is 11.4 Å². The maximum absolute atomic E-state index is 12.9. The summed E-state index contributed by atoms with van der Waals surface area (Å²) in [5.74, 6) is 1.64. The Balaban J connectivity index is 1.82. The lowest BCUT2D eigenvalue weighted by molar-refractivity contribution is 0.0745. The van der Waals surface area contributed by atoms with Crippen LogP contribution in [-0.4, -0.2) is 41.7 Å². The van der Waals surface area contributed by atoms with E-state index in [4.69, 9.17) is 25.6 Å². The van der Waals surface area contributed by atoms with Gasteiger partial charge in [-0.3, -0.25) is 4.79 Å². The first-order valence-electron chi connectivity index (χ1n) is 9.18. The van der Waals surface area contributed by atoms with Gasteiger partial charge in [0, 0.05) is 22.7 Å². The Labute approximate surface area is 179 Å². The van der Waals surface area contributed by atoms with Crippen LogP contribution in [0.2, 0.25) is 5.02 Å². The summed E-state index contributed by atoms with van der Waals surface area (Å²) >= 11 is 6.17. The minimum atomic E-state index is -0.206. The van der Waals surface area contributed by atoms with Gasteiger partial charge in [-0.1, -0.05) is 28.9 Å². The van der Waals surface area contributed by atoms with Gasteiger partial charge in [-0.15, -0.1) is 6.58 Å². The molecule has 0 aliphatic rings. The summed E-state index contributed by atoms with van der Waals surface area (Å²) in [6, 6.07) is 10.5. The van der Waals surface area contributed by atoms with Crippen LogP contribution in [0.3, 0.4) is 0 Å². The maximum atomic E-state index is 12.9. The summed E-state index contributed by atoms with van der Waals surface area (Å²) in [6.45, 7) is 6.06. The maximum Gasteiger partial charge on any atom is 0.254 e. The molecule has 1 aromatic heterocycles. The van der Waals surface area contributed by atoms with Crippen molar-refractivity contribution < 1.29 is 18.8 Å². The normalized spacial score (nSPS) is 10.5. The summed E-state index contributed by atoms with van der Waals surface area (Å²) in [4.78, 5) is 18.9. The number of amides is 1. The number of benzene rings is 2. The first-order valence-corrected chi connectivity index (χ1v) is 9.56. The molecule has 0 atom stereocenters. The average molecular weight is 428 g/mol. The Bertz CT molecular complexity index is 1060. The fourth-order valence-corrected chi connectivity index (χ4v) is 3.04. The molecule has 0 bridgehead atoms. The van der Waals surface area contributed by atoms with E-state index in [0.717, 1.165) is 5.56 Å². The van der Waals surface area contributed by atoms with Crippen molar-refractivity contribution in [1.82, 2.24) is 15.0 Å². The number of aromatic nitrogens is 2. The van der Waals surface area contributed by atoms with Crippen molar-refractivity contribution >= 4 is 17.5 Å². The molecule has 0 aliphatic carbocycles. The Morgan fingerprint density at radius 2 is 1.97 bits per heavy atom. The summed E-state index contributed by atoms with van der Waals surface area (Å²) < 4.78 is 15.9. The number of halogens is 1. The zero-order valence-corrected chi connectivity index (χ0v) is 17.8. The largest absolute Gasteiger partial charge is 0.493 e. The molecule has 2 aromatic carbocycles. The number of hydrogen-bond acceptors (Lipinski definition) is 6. The number of rotatable bonds is 8. The van der Waals surface area contributed by atoms with Crippen LogP contribution in [0.1, 0.15) is 21.8 Å². The lowest BCUT2D eigenvalue weighted by Crippen LogP contribution is -2.30. The molecule has 8 heteroatoms. The Kier molecular flexibility index (Phi) is 6.74. The first kappa shape index (κ1) is 21.4. The Morgan fingerprint density at radius 1 is 1.20 bits per heavy atom. The van der Waals surface area contributed by atoms with Crippen LogP contribution in [0.15, 0.2) is 53.6 Å². The van der Waals surface area contributed by atoms with Gasteiger partial charge in [0.1, 0.15) is 6.54 Å². The summed E-state index contributed by atoms with van der Waals surface area (Å²) in [5, 5.41) is 4.56. The molecule has 156 valence electrons. The van der Waals surface area contributed by atoms with Crippen LogP contribution < -0.4 is 9.47 Å². The molecule has 7 nitrogen and oxygen atoms in total. The predicted octanol–water partition coefficient (Wildman–Crippen LogP) is 4.54. The number of nitrogens with zero attached hydrogens (tertiary/aromatic N) is 3. The van der Waals surface area contributed by atoms with E-state index in [-0.39, 0.29) is 12.5 Å². The Hall–Kier alpha value is -3.32. The molecule has 0 unspecified atom stereocenters. The van der Waals surface area contributed by atoms with Gasteiger partial charge >= 0.3 is 0 Å². The van der Waals surface area contributed by atoms with Crippen molar-refractivity contribution in [1.29, 1.82) is 0 Å². The second kappa shape index (κ2) is 9.45. The number of carbonyl (C=O) groups is 1. The number of carbonyl (C=O) groups excluding carboxylic acids is 1. The van der Waals surface area contributed by atoms with Gasteiger partial charge in [0.25, 0.3) is 5.91 Å². The molecule has 0 saturated heterocycles. The van der Waals surface area contributed by atoms with Crippen LogP contribution >= 0.6 is 11.6 Å². The van der Waals surface area contributed by atoms with E-state index in [0.29, 0.717) is 45.9 Å². The highest BCUT2D eigenvalue weighted by atomic mass is 35.5. The number of aryl methyl sites for hydroxylation is 1. The van der Waals surface area contributed by atoms with Gasteiger partial charge in [0.2, 0.25) is 11.7 Å². The summed E-state index contributed by atoms with van der Waals surface area (Å²) in [5.41, 5.74) is 2.08. The Morgan fingerprint density at radius 3 is 2.63 bits per heavy atom. The highest BCUT2D eigenvalue weighted by Crippen LogP contribution is 2.31. The van der Waals surface area contributed by atoms with Crippen LogP contribution in [-0.2, 0) is 6.54 Å². The third kappa shape index (κ3) is 4.63. The smallest absolute Gasteiger partial charge is 0.254 e. The van der Waals surface area contributed by atoms with E-state index in [1.54, 1.807) is 55.5 Å². The summed E-state index contributed by atoms with van der Waals surface area (Å²) in [7, 11) is 3.12. The topological polar surface area (TPSA) is 77.7 Å². The van der Waals surface area contributed by atoms with E-state index in [1.165, 1.54) is 0 Å². The standard InChI is InChI=1S/C22H22ClN3O4/c1-5-10-26(22(27)16-7-6-14(2)17(23)11-16)13-20-24-21(25-30-20)15-8-9-18(28-3)19(12-15)29-4/h5-9,11-12H,1,10,13H2,2-4H3. The SMILES string of the molecule is C=CCN(Cc1nc(-c2ccc(OC)c(OC)c2)no1)C(=O)c1ccc(C)c(Cl)c1. The zero-order chi connectivity index (χ0) is 21.7. The molecule has 0 radical (unpaired) electrons. The molecule has 0 aliphatic heterocycles. The second-order valence-corrected chi connectivity index (χ2v) is 6.93. The van der Waals surface area contributed by atoms with Gasteiger partial charge in [0.15, 0.2) is 11.5 Å².